The van der Waals surface area contributed by atoms with E-state index in [9.17, 15) is 5.11 Å². The summed E-state index contributed by atoms with van der Waals surface area (Å²) in [5, 5.41) is 16.4. The zero-order valence-electron chi connectivity index (χ0n) is 13.7. The van der Waals surface area contributed by atoms with Crippen LogP contribution in [0.25, 0.3) is 11.3 Å². The van der Waals surface area contributed by atoms with E-state index < -0.39 is 0 Å². The second-order valence-electron chi connectivity index (χ2n) is 5.55. The molecule has 0 unspecified atom stereocenters. The number of hydrogen-bond donors (Lipinski definition) is 2. The summed E-state index contributed by atoms with van der Waals surface area (Å²) in [6.07, 6.45) is 0. The number of aromatic hydroxyl groups is 1. The highest BCUT2D eigenvalue weighted by Gasteiger charge is 2.11. The second kappa shape index (κ2) is 7.47. The summed E-state index contributed by atoms with van der Waals surface area (Å²) in [6, 6.07) is 15.7. The van der Waals surface area contributed by atoms with Crippen molar-refractivity contribution in [2.75, 3.05) is 7.11 Å². The highest BCUT2D eigenvalue weighted by molar-refractivity contribution is 7.10. The molecule has 0 amide bonds. The SMILES string of the molecule is COc1ccc(CN[C@@H](C)c2nc(-c3ccccc3)cs2)cc1O. The number of nitrogens with zero attached hydrogens (tertiary/aromatic N) is 1. The lowest BCUT2D eigenvalue weighted by Gasteiger charge is -2.12. The predicted molar refractivity (Wildman–Crippen MR) is 97.5 cm³/mol. The van der Waals surface area contributed by atoms with Crippen LogP contribution in [0.1, 0.15) is 23.5 Å². The van der Waals surface area contributed by atoms with E-state index in [1.165, 1.54) is 0 Å². The number of phenolic OH excluding ortho intramolecular Hbond substituents is 1. The van der Waals surface area contributed by atoms with Crippen LogP contribution < -0.4 is 10.1 Å². The van der Waals surface area contributed by atoms with Gasteiger partial charge in [0.1, 0.15) is 5.01 Å². The Bertz CT molecular complexity index is 802. The molecule has 2 aromatic carbocycles. The van der Waals surface area contributed by atoms with Crippen LogP contribution in [-0.4, -0.2) is 17.2 Å². The van der Waals surface area contributed by atoms with Crippen molar-refractivity contribution >= 4 is 11.3 Å². The molecule has 124 valence electrons. The minimum Gasteiger partial charge on any atom is -0.504 e. The normalized spacial score (nSPS) is 12.1. The van der Waals surface area contributed by atoms with Gasteiger partial charge in [-0.3, -0.25) is 0 Å². The molecule has 3 aromatic rings. The Hall–Kier alpha value is -2.37. The first-order valence-corrected chi connectivity index (χ1v) is 8.65. The Labute approximate surface area is 145 Å². The fourth-order valence-corrected chi connectivity index (χ4v) is 3.29. The fraction of sp³-hybridized carbons (Fsp3) is 0.211. The molecule has 0 saturated carbocycles. The summed E-state index contributed by atoms with van der Waals surface area (Å²) in [6.45, 7) is 2.75. The summed E-state index contributed by atoms with van der Waals surface area (Å²) in [4.78, 5) is 4.72. The number of methoxy groups -OCH3 is 1. The lowest BCUT2D eigenvalue weighted by Crippen LogP contribution is -2.17. The third-order valence-electron chi connectivity index (χ3n) is 3.82. The fourth-order valence-electron chi connectivity index (χ4n) is 2.43. The number of ether oxygens (including phenoxy) is 1. The lowest BCUT2D eigenvalue weighted by atomic mass is 10.2. The van der Waals surface area contributed by atoms with Crippen LogP contribution in [0, 0.1) is 0 Å². The van der Waals surface area contributed by atoms with Crippen molar-refractivity contribution in [1.82, 2.24) is 10.3 Å². The Balaban J connectivity index is 1.64. The van der Waals surface area contributed by atoms with Gasteiger partial charge in [0, 0.05) is 17.5 Å². The summed E-state index contributed by atoms with van der Waals surface area (Å²) in [7, 11) is 1.54. The van der Waals surface area contributed by atoms with Gasteiger partial charge < -0.3 is 15.2 Å². The predicted octanol–water partition coefficient (Wildman–Crippen LogP) is 4.38. The van der Waals surface area contributed by atoms with E-state index >= 15 is 0 Å². The molecule has 0 saturated heterocycles. The summed E-state index contributed by atoms with van der Waals surface area (Å²) >= 11 is 1.65. The zero-order chi connectivity index (χ0) is 16.9. The average molecular weight is 340 g/mol. The molecule has 1 heterocycles. The van der Waals surface area contributed by atoms with Gasteiger partial charge in [0.25, 0.3) is 0 Å². The van der Waals surface area contributed by atoms with Crippen molar-refractivity contribution in [3.8, 4) is 22.8 Å². The van der Waals surface area contributed by atoms with Crippen LogP contribution in [0.3, 0.4) is 0 Å². The van der Waals surface area contributed by atoms with Crippen LogP contribution in [0.4, 0.5) is 0 Å². The third-order valence-corrected chi connectivity index (χ3v) is 4.85. The second-order valence-corrected chi connectivity index (χ2v) is 6.44. The van der Waals surface area contributed by atoms with Crippen molar-refractivity contribution in [3.05, 3.63) is 64.5 Å². The van der Waals surface area contributed by atoms with Crippen molar-refractivity contribution in [1.29, 1.82) is 0 Å². The van der Waals surface area contributed by atoms with Gasteiger partial charge in [-0.2, -0.15) is 0 Å². The van der Waals surface area contributed by atoms with Gasteiger partial charge in [0.2, 0.25) is 0 Å². The number of thiazole rings is 1. The van der Waals surface area contributed by atoms with Crippen LogP contribution in [-0.2, 0) is 6.54 Å². The molecular weight excluding hydrogens is 320 g/mol. The van der Waals surface area contributed by atoms with Gasteiger partial charge in [0.15, 0.2) is 11.5 Å². The first-order valence-electron chi connectivity index (χ1n) is 7.77. The van der Waals surface area contributed by atoms with Crippen molar-refractivity contribution in [2.24, 2.45) is 0 Å². The number of benzene rings is 2. The number of nitrogens with one attached hydrogen (secondary N) is 1. The van der Waals surface area contributed by atoms with E-state index in [1.54, 1.807) is 30.6 Å². The molecule has 0 aliphatic heterocycles. The topological polar surface area (TPSA) is 54.4 Å². The standard InChI is InChI=1S/C19H20N2O2S/c1-13(20-11-14-8-9-18(23-2)17(22)10-14)19-21-16(12-24-19)15-6-4-3-5-7-15/h3-10,12-13,20,22H,11H2,1-2H3/t13-/m0/s1. The van der Waals surface area contributed by atoms with E-state index in [2.05, 4.69) is 29.8 Å². The Kier molecular flexibility index (Phi) is 5.13. The molecule has 2 N–H and O–H groups in total. The van der Waals surface area contributed by atoms with Gasteiger partial charge >= 0.3 is 0 Å². The van der Waals surface area contributed by atoms with E-state index in [0.717, 1.165) is 21.8 Å². The Morgan fingerprint density at radius 1 is 1.21 bits per heavy atom. The van der Waals surface area contributed by atoms with Crippen molar-refractivity contribution in [3.63, 3.8) is 0 Å². The highest BCUT2D eigenvalue weighted by Crippen LogP contribution is 2.27. The molecule has 5 heteroatoms. The van der Waals surface area contributed by atoms with Gasteiger partial charge in [-0.25, -0.2) is 4.98 Å². The van der Waals surface area contributed by atoms with Gasteiger partial charge in [0.05, 0.1) is 18.8 Å². The van der Waals surface area contributed by atoms with E-state index in [1.807, 2.05) is 24.3 Å². The molecule has 0 bridgehead atoms. The molecule has 0 spiro atoms. The Morgan fingerprint density at radius 2 is 2.00 bits per heavy atom. The number of hydrogen-bond acceptors (Lipinski definition) is 5. The molecule has 1 aromatic heterocycles. The van der Waals surface area contributed by atoms with Crippen molar-refractivity contribution < 1.29 is 9.84 Å². The molecular formula is C19H20N2O2S. The molecule has 0 aliphatic rings. The third kappa shape index (κ3) is 3.75. The first-order chi connectivity index (χ1) is 11.7. The maximum absolute atomic E-state index is 9.84. The molecule has 3 rings (SSSR count). The molecule has 4 nitrogen and oxygen atoms in total. The van der Waals surface area contributed by atoms with Crippen LogP contribution in [0.2, 0.25) is 0 Å². The quantitative estimate of drug-likeness (QED) is 0.699. The number of aromatic nitrogens is 1. The van der Waals surface area contributed by atoms with Crippen LogP contribution >= 0.6 is 11.3 Å². The number of rotatable bonds is 6. The smallest absolute Gasteiger partial charge is 0.160 e. The van der Waals surface area contributed by atoms with Gasteiger partial charge in [-0.05, 0) is 24.6 Å². The summed E-state index contributed by atoms with van der Waals surface area (Å²) in [5.74, 6) is 0.643. The highest BCUT2D eigenvalue weighted by atomic mass is 32.1. The van der Waals surface area contributed by atoms with E-state index in [4.69, 9.17) is 9.72 Å². The van der Waals surface area contributed by atoms with E-state index in [0.29, 0.717) is 12.3 Å². The van der Waals surface area contributed by atoms with Gasteiger partial charge in [-0.1, -0.05) is 36.4 Å². The van der Waals surface area contributed by atoms with Crippen LogP contribution in [0.15, 0.2) is 53.9 Å². The number of phenols is 1. The molecule has 0 radical (unpaired) electrons. The average Bonchev–Trinajstić information content (AvgIpc) is 3.11. The largest absolute Gasteiger partial charge is 0.504 e. The van der Waals surface area contributed by atoms with Gasteiger partial charge in [-0.15, -0.1) is 11.3 Å². The maximum Gasteiger partial charge on any atom is 0.160 e. The van der Waals surface area contributed by atoms with Crippen LogP contribution in [0.5, 0.6) is 11.5 Å². The summed E-state index contributed by atoms with van der Waals surface area (Å²) in [5.41, 5.74) is 3.14. The molecule has 0 aliphatic carbocycles. The first kappa shape index (κ1) is 16.5. The zero-order valence-corrected chi connectivity index (χ0v) is 14.5. The molecule has 1 atom stereocenters. The maximum atomic E-state index is 9.84. The molecule has 0 fully saturated rings. The lowest BCUT2D eigenvalue weighted by molar-refractivity contribution is 0.373. The van der Waals surface area contributed by atoms with E-state index in [-0.39, 0.29) is 11.8 Å². The summed E-state index contributed by atoms with van der Waals surface area (Å²) < 4.78 is 5.06. The monoisotopic (exact) mass is 340 g/mol. The minimum atomic E-state index is 0.136. The van der Waals surface area contributed by atoms with Crippen molar-refractivity contribution in [2.45, 2.75) is 19.5 Å². The molecule has 24 heavy (non-hydrogen) atoms. The minimum absolute atomic E-state index is 0.136. The Morgan fingerprint density at radius 3 is 2.71 bits per heavy atom.